The van der Waals surface area contributed by atoms with Crippen LogP contribution in [0.15, 0.2) is 64.4 Å². The van der Waals surface area contributed by atoms with E-state index in [2.05, 4.69) is 17.4 Å². The lowest BCUT2D eigenvalue weighted by Crippen LogP contribution is -2.29. The third-order valence-electron chi connectivity index (χ3n) is 3.78. The summed E-state index contributed by atoms with van der Waals surface area (Å²) in [4.78, 5) is 14.5. The Labute approximate surface area is 140 Å². The smallest absolute Gasteiger partial charge is 0.253 e. The number of benzene rings is 2. The summed E-state index contributed by atoms with van der Waals surface area (Å²) in [7, 11) is 0. The minimum atomic E-state index is -0.404. The van der Waals surface area contributed by atoms with Gasteiger partial charge in [-0.1, -0.05) is 42.1 Å². The van der Waals surface area contributed by atoms with Crippen LogP contribution in [-0.4, -0.2) is 24.7 Å². The summed E-state index contributed by atoms with van der Waals surface area (Å²) >= 11 is 1.63. The fourth-order valence-electron chi connectivity index (χ4n) is 2.56. The van der Waals surface area contributed by atoms with Gasteiger partial charge in [-0.15, -0.1) is 0 Å². The van der Waals surface area contributed by atoms with Gasteiger partial charge in [0.2, 0.25) is 0 Å². The molecule has 0 aliphatic carbocycles. The van der Waals surface area contributed by atoms with Gasteiger partial charge >= 0.3 is 0 Å². The molecule has 1 heterocycles. The summed E-state index contributed by atoms with van der Waals surface area (Å²) in [6.07, 6.45) is 1.16. The Bertz CT molecular complexity index is 663. The zero-order valence-electron chi connectivity index (χ0n) is 12.8. The average molecular weight is 328 g/mol. The van der Waals surface area contributed by atoms with Gasteiger partial charge in [0.1, 0.15) is 6.10 Å². The Kier molecular flexibility index (Phi) is 5.33. The molecule has 3 N–H and O–H groups in total. The van der Waals surface area contributed by atoms with Crippen molar-refractivity contribution in [3.8, 4) is 0 Å². The van der Waals surface area contributed by atoms with Gasteiger partial charge in [0.25, 0.3) is 5.91 Å². The van der Waals surface area contributed by atoms with Crippen molar-refractivity contribution in [3.63, 3.8) is 0 Å². The van der Waals surface area contributed by atoms with E-state index < -0.39 is 6.10 Å². The first-order valence-corrected chi connectivity index (χ1v) is 8.56. The third-order valence-corrected chi connectivity index (χ3v) is 4.86. The number of para-hydroxylation sites is 1. The lowest BCUT2D eigenvalue weighted by molar-refractivity contribution is -0.126. The number of ether oxygens (including phenoxy) is 1. The van der Waals surface area contributed by atoms with E-state index in [4.69, 9.17) is 10.5 Å². The number of carbonyl (C=O) groups excluding carboxylic acids is 1. The number of amides is 1. The maximum atomic E-state index is 12.4. The fourth-order valence-corrected chi connectivity index (χ4v) is 3.48. The van der Waals surface area contributed by atoms with Crippen LogP contribution in [0.1, 0.15) is 12.8 Å². The average Bonchev–Trinajstić information content (AvgIpc) is 3.07. The molecule has 2 aromatic rings. The van der Waals surface area contributed by atoms with E-state index in [1.54, 1.807) is 11.8 Å². The molecule has 1 aliphatic heterocycles. The summed E-state index contributed by atoms with van der Waals surface area (Å²) in [5.41, 5.74) is 6.41. The van der Waals surface area contributed by atoms with Gasteiger partial charge in [-0.05, 0) is 37.1 Å². The predicted molar refractivity (Wildman–Crippen MR) is 92.6 cm³/mol. The summed E-state index contributed by atoms with van der Waals surface area (Å²) in [6, 6.07) is 17.9. The molecule has 0 saturated carbocycles. The molecule has 1 amide bonds. The van der Waals surface area contributed by atoms with Crippen LogP contribution in [0.4, 0.5) is 5.69 Å². The van der Waals surface area contributed by atoms with Crippen molar-refractivity contribution >= 4 is 23.4 Å². The Balaban J connectivity index is 1.69. The van der Waals surface area contributed by atoms with E-state index in [1.165, 1.54) is 0 Å². The lowest BCUT2D eigenvalue weighted by Gasteiger charge is -2.15. The second-order valence-electron chi connectivity index (χ2n) is 5.46. The molecule has 0 bridgehead atoms. The first kappa shape index (κ1) is 16.1. The van der Waals surface area contributed by atoms with Gasteiger partial charge in [-0.25, -0.2) is 0 Å². The van der Waals surface area contributed by atoms with E-state index >= 15 is 0 Å². The number of rotatable bonds is 5. The van der Waals surface area contributed by atoms with E-state index in [-0.39, 0.29) is 12.0 Å². The standard InChI is InChI=1S/C18H20N2O2S/c19-12-13-10-11-16(22-13)18(21)20-15-8-4-5-9-17(15)23-14-6-2-1-3-7-14/h1-9,13,16H,10-12,19H2,(H,20,21)/t13-,16+/m1/s1. The summed E-state index contributed by atoms with van der Waals surface area (Å²) in [6.45, 7) is 0.463. The molecule has 2 aromatic carbocycles. The van der Waals surface area contributed by atoms with Crippen LogP contribution in [0.5, 0.6) is 0 Å². The van der Waals surface area contributed by atoms with Crippen LogP contribution in [0.3, 0.4) is 0 Å². The molecule has 1 fully saturated rings. The SMILES string of the molecule is NC[C@H]1CC[C@@H](C(=O)Nc2ccccc2Sc2ccccc2)O1. The molecule has 23 heavy (non-hydrogen) atoms. The largest absolute Gasteiger partial charge is 0.364 e. The highest BCUT2D eigenvalue weighted by Crippen LogP contribution is 2.33. The fraction of sp³-hybridized carbons (Fsp3) is 0.278. The van der Waals surface area contributed by atoms with Crippen LogP contribution >= 0.6 is 11.8 Å². The van der Waals surface area contributed by atoms with E-state index in [9.17, 15) is 4.79 Å². The molecule has 0 spiro atoms. The third kappa shape index (κ3) is 4.13. The Morgan fingerprint density at radius 2 is 1.87 bits per heavy atom. The van der Waals surface area contributed by atoms with Crippen LogP contribution in [0.25, 0.3) is 0 Å². The molecule has 0 aromatic heterocycles. The lowest BCUT2D eigenvalue weighted by atomic mass is 10.2. The molecule has 3 rings (SSSR count). The molecule has 1 saturated heterocycles. The van der Waals surface area contributed by atoms with Crippen LogP contribution < -0.4 is 11.1 Å². The number of nitrogens with two attached hydrogens (primary N) is 1. The normalized spacial score (nSPS) is 20.4. The summed E-state index contributed by atoms with van der Waals surface area (Å²) in [5, 5.41) is 2.99. The molecular weight excluding hydrogens is 308 g/mol. The van der Waals surface area contributed by atoms with Crippen molar-refractivity contribution in [2.24, 2.45) is 5.73 Å². The highest BCUT2D eigenvalue weighted by molar-refractivity contribution is 7.99. The molecular formula is C18H20N2O2S. The monoisotopic (exact) mass is 328 g/mol. The van der Waals surface area contributed by atoms with Crippen molar-refractivity contribution in [1.82, 2.24) is 0 Å². The number of carbonyl (C=O) groups is 1. The first-order valence-electron chi connectivity index (χ1n) is 7.74. The van der Waals surface area contributed by atoms with Gasteiger partial charge in [-0.2, -0.15) is 0 Å². The second-order valence-corrected chi connectivity index (χ2v) is 6.58. The first-order chi connectivity index (χ1) is 11.3. The van der Waals surface area contributed by atoms with Crippen molar-refractivity contribution in [2.45, 2.75) is 34.8 Å². The maximum absolute atomic E-state index is 12.4. The molecule has 0 radical (unpaired) electrons. The topological polar surface area (TPSA) is 64.4 Å². The van der Waals surface area contributed by atoms with Gasteiger partial charge in [0.05, 0.1) is 11.8 Å². The Morgan fingerprint density at radius 3 is 2.61 bits per heavy atom. The molecule has 120 valence electrons. The maximum Gasteiger partial charge on any atom is 0.253 e. The van der Waals surface area contributed by atoms with Crippen LogP contribution in [-0.2, 0) is 9.53 Å². The number of hydrogen-bond acceptors (Lipinski definition) is 4. The van der Waals surface area contributed by atoms with E-state index in [0.717, 1.165) is 28.3 Å². The molecule has 5 heteroatoms. The Hall–Kier alpha value is -1.82. The second kappa shape index (κ2) is 7.64. The number of hydrogen-bond donors (Lipinski definition) is 2. The Morgan fingerprint density at radius 1 is 1.13 bits per heavy atom. The van der Waals surface area contributed by atoms with Gasteiger partial charge in [-0.3, -0.25) is 4.79 Å². The van der Waals surface area contributed by atoms with Crippen molar-refractivity contribution in [3.05, 3.63) is 54.6 Å². The minimum Gasteiger partial charge on any atom is -0.364 e. The zero-order valence-corrected chi connectivity index (χ0v) is 13.6. The molecule has 1 aliphatic rings. The van der Waals surface area contributed by atoms with E-state index in [1.807, 2.05) is 42.5 Å². The highest BCUT2D eigenvalue weighted by atomic mass is 32.2. The van der Waals surface area contributed by atoms with Gasteiger partial charge < -0.3 is 15.8 Å². The molecule has 2 atom stereocenters. The number of anilines is 1. The summed E-state index contributed by atoms with van der Waals surface area (Å²) in [5.74, 6) is -0.0953. The summed E-state index contributed by atoms with van der Waals surface area (Å²) < 4.78 is 5.66. The van der Waals surface area contributed by atoms with Crippen molar-refractivity contribution in [1.29, 1.82) is 0 Å². The molecule has 4 nitrogen and oxygen atoms in total. The van der Waals surface area contributed by atoms with Crippen LogP contribution in [0.2, 0.25) is 0 Å². The van der Waals surface area contributed by atoms with Gasteiger partial charge in [0.15, 0.2) is 0 Å². The van der Waals surface area contributed by atoms with Crippen LogP contribution in [0, 0.1) is 0 Å². The highest BCUT2D eigenvalue weighted by Gasteiger charge is 2.30. The minimum absolute atomic E-state index is 0.000289. The van der Waals surface area contributed by atoms with E-state index in [0.29, 0.717) is 6.54 Å². The zero-order chi connectivity index (χ0) is 16.1. The predicted octanol–water partition coefficient (Wildman–Crippen LogP) is 3.28. The van der Waals surface area contributed by atoms with Crippen molar-refractivity contribution in [2.75, 3.05) is 11.9 Å². The molecule has 0 unspecified atom stereocenters. The number of nitrogens with one attached hydrogen (secondary N) is 1. The quantitative estimate of drug-likeness (QED) is 0.884. The van der Waals surface area contributed by atoms with Crippen molar-refractivity contribution < 1.29 is 9.53 Å². The van der Waals surface area contributed by atoms with Gasteiger partial charge in [0, 0.05) is 16.3 Å².